The number of para-hydroxylation sites is 1. The fraction of sp³-hybridized carbons (Fsp3) is 0.139. The Hall–Kier alpha value is -4.37. The first-order chi connectivity index (χ1) is 22.0. The van der Waals surface area contributed by atoms with Gasteiger partial charge in [-0.15, -0.1) is 11.8 Å². The standard InChI is InChI=1S/C36H29ClN2O4S2/c1-3-42-35(41)31-32(24-11-5-4-6-12-24)38-36-39(33(31)25-16-18-28(44-2)19-17-25)34(40)30(45-36)21-26-13-7-8-15-29(26)43-22-23-10-9-14-27(37)20-23/h4-21,33H,3,22H2,1-2H3/b30-21-/t33-/m0/s1. The Labute approximate surface area is 274 Å². The number of esters is 1. The van der Waals surface area contributed by atoms with Crippen molar-refractivity contribution in [1.82, 2.24) is 4.57 Å². The first-order valence-corrected chi connectivity index (χ1v) is 16.8. The molecular formula is C36H29ClN2O4S2. The highest BCUT2D eigenvalue weighted by atomic mass is 35.5. The van der Waals surface area contributed by atoms with E-state index in [0.717, 1.165) is 27.1 Å². The molecule has 0 aliphatic carbocycles. The van der Waals surface area contributed by atoms with Crippen LogP contribution in [0.5, 0.6) is 5.75 Å². The van der Waals surface area contributed by atoms with Crippen molar-refractivity contribution >= 4 is 52.4 Å². The third kappa shape index (κ3) is 6.54. The zero-order chi connectivity index (χ0) is 31.3. The summed E-state index contributed by atoms with van der Waals surface area (Å²) in [6.07, 6.45) is 3.83. The second kappa shape index (κ2) is 13.7. The minimum absolute atomic E-state index is 0.193. The van der Waals surface area contributed by atoms with Crippen molar-refractivity contribution in [2.45, 2.75) is 24.5 Å². The number of carbonyl (C=O) groups excluding carboxylic acids is 1. The van der Waals surface area contributed by atoms with E-state index < -0.39 is 12.0 Å². The van der Waals surface area contributed by atoms with Gasteiger partial charge in [0.25, 0.3) is 5.56 Å². The molecule has 0 fully saturated rings. The number of ether oxygens (including phenoxy) is 2. The Bertz CT molecular complexity index is 2070. The van der Waals surface area contributed by atoms with Gasteiger partial charge in [-0.3, -0.25) is 9.36 Å². The molecular weight excluding hydrogens is 624 g/mol. The first-order valence-electron chi connectivity index (χ1n) is 14.4. The lowest BCUT2D eigenvalue weighted by Crippen LogP contribution is -2.40. The van der Waals surface area contributed by atoms with E-state index in [1.165, 1.54) is 11.3 Å². The van der Waals surface area contributed by atoms with E-state index in [1.54, 1.807) is 23.3 Å². The van der Waals surface area contributed by atoms with Crippen LogP contribution in [0.25, 0.3) is 11.8 Å². The maximum atomic E-state index is 14.3. The van der Waals surface area contributed by atoms with Crippen molar-refractivity contribution in [3.05, 3.63) is 156 Å². The molecule has 4 aromatic carbocycles. The van der Waals surface area contributed by atoms with Gasteiger partial charge in [0.05, 0.1) is 28.5 Å². The topological polar surface area (TPSA) is 69.9 Å². The van der Waals surface area contributed by atoms with E-state index in [2.05, 4.69) is 0 Å². The predicted octanol–water partition coefficient (Wildman–Crippen LogP) is 6.89. The largest absolute Gasteiger partial charge is 0.488 e. The Kier molecular flexibility index (Phi) is 9.35. The molecule has 2 heterocycles. The summed E-state index contributed by atoms with van der Waals surface area (Å²) >= 11 is 9.06. The van der Waals surface area contributed by atoms with Crippen LogP contribution < -0.4 is 19.6 Å². The van der Waals surface area contributed by atoms with E-state index in [0.29, 0.717) is 38.0 Å². The number of rotatable bonds is 9. The number of hydrogen-bond donors (Lipinski definition) is 0. The van der Waals surface area contributed by atoms with Crippen LogP contribution >= 0.6 is 34.7 Å². The molecule has 1 atom stereocenters. The van der Waals surface area contributed by atoms with E-state index in [1.807, 2.05) is 115 Å². The molecule has 5 aromatic rings. The smallest absolute Gasteiger partial charge is 0.338 e. The Morgan fingerprint density at radius 3 is 2.49 bits per heavy atom. The first kappa shape index (κ1) is 30.6. The quantitative estimate of drug-likeness (QED) is 0.128. The minimum atomic E-state index is -0.733. The molecule has 6 rings (SSSR count). The van der Waals surface area contributed by atoms with E-state index in [9.17, 15) is 9.59 Å². The number of nitrogens with zero attached hydrogens (tertiary/aromatic N) is 2. The van der Waals surface area contributed by atoms with Gasteiger partial charge in [0.2, 0.25) is 0 Å². The molecule has 0 amide bonds. The minimum Gasteiger partial charge on any atom is -0.488 e. The second-order valence-electron chi connectivity index (χ2n) is 10.2. The Morgan fingerprint density at radius 1 is 1.00 bits per heavy atom. The fourth-order valence-electron chi connectivity index (χ4n) is 5.20. The van der Waals surface area contributed by atoms with Gasteiger partial charge >= 0.3 is 5.97 Å². The molecule has 0 unspecified atom stereocenters. The molecule has 1 aliphatic heterocycles. The van der Waals surface area contributed by atoms with Crippen molar-refractivity contribution in [2.24, 2.45) is 4.99 Å². The summed E-state index contributed by atoms with van der Waals surface area (Å²) in [5.74, 6) is 0.123. The van der Waals surface area contributed by atoms with Crippen LogP contribution in [0.3, 0.4) is 0 Å². The van der Waals surface area contributed by atoms with Gasteiger partial charge in [0.15, 0.2) is 4.80 Å². The van der Waals surface area contributed by atoms with Crippen molar-refractivity contribution in [3.8, 4) is 5.75 Å². The van der Waals surface area contributed by atoms with Gasteiger partial charge in [-0.1, -0.05) is 95.7 Å². The Balaban J connectivity index is 1.52. The third-order valence-electron chi connectivity index (χ3n) is 7.29. The average Bonchev–Trinajstić information content (AvgIpc) is 3.38. The number of halogens is 1. The van der Waals surface area contributed by atoms with Crippen LogP contribution in [-0.2, 0) is 16.1 Å². The molecule has 0 N–H and O–H groups in total. The highest BCUT2D eigenvalue weighted by molar-refractivity contribution is 7.98. The van der Waals surface area contributed by atoms with Gasteiger partial charge in [-0.05, 0) is 60.7 Å². The lowest BCUT2D eigenvalue weighted by molar-refractivity contribution is -0.138. The highest BCUT2D eigenvalue weighted by Crippen LogP contribution is 2.35. The van der Waals surface area contributed by atoms with E-state index in [4.69, 9.17) is 26.1 Å². The monoisotopic (exact) mass is 652 g/mol. The van der Waals surface area contributed by atoms with Gasteiger partial charge in [0, 0.05) is 21.0 Å². The van der Waals surface area contributed by atoms with Crippen LogP contribution in [-0.4, -0.2) is 23.4 Å². The van der Waals surface area contributed by atoms with Gasteiger partial charge in [0.1, 0.15) is 12.4 Å². The summed E-state index contributed by atoms with van der Waals surface area (Å²) in [5.41, 5.74) is 3.80. The summed E-state index contributed by atoms with van der Waals surface area (Å²) in [6, 6.07) is 31.8. The molecule has 45 heavy (non-hydrogen) atoms. The number of thioether (sulfide) groups is 1. The lowest BCUT2D eigenvalue weighted by Gasteiger charge is -2.26. The van der Waals surface area contributed by atoms with Crippen LogP contribution in [0, 0.1) is 0 Å². The zero-order valence-electron chi connectivity index (χ0n) is 24.6. The van der Waals surface area contributed by atoms with Crippen LogP contribution in [0.2, 0.25) is 5.02 Å². The molecule has 9 heteroatoms. The maximum absolute atomic E-state index is 14.3. The highest BCUT2D eigenvalue weighted by Gasteiger charge is 2.35. The average molecular weight is 653 g/mol. The van der Waals surface area contributed by atoms with Crippen molar-refractivity contribution in [2.75, 3.05) is 12.9 Å². The fourth-order valence-corrected chi connectivity index (χ4v) is 6.82. The second-order valence-corrected chi connectivity index (χ2v) is 12.5. The normalized spacial score (nSPS) is 14.6. The molecule has 226 valence electrons. The molecule has 0 saturated carbocycles. The van der Waals surface area contributed by atoms with Gasteiger partial charge in [-0.25, -0.2) is 9.79 Å². The predicted molar refractivity (Wildman–Crippen MR) is 182 cm³/mol. The van der Waals surface area contributed by atoms with Crippen molar-refractivity contribution < 1.29 is 14.3 Å². The molecule has 0 radical (unpaired) electrons. The molecule has 0 saturated heterocycles. The maximum Gasteiger partial charge on any atom is 0.338 e. The lowest BCUT2D eigenvalue weighted by atomic mass is 9.93. The molecule has 0 spiro atoms. The van der Waals surface area contributed by atoms with Gasteiger partial charge < -0.3 is 9.47 Å². The summed E-state index contributed by atoms with van der Waals surface area (Å²) in [7, 11) is 0. The van der Waals surface area contributed by atoms with E-state index in [-0.39, 0.29) is 12.2 Å². The Morgan fingerprint density at radius 2 is 1.76 bits per heavy atom. The molecule has 1 aliphatic rings. The van der Waals surface area contributed by atoms with Crippen LogP contribution in [0.15, 0.2) is 123 Å². The van der Waals surface area contributed by atoms with Crippen molar-refractivity contribution in [3.63, 3.8) is 0 Å². The summed E-state index contributed by atoms with van der Waals surface area (Å²) in [5, 5.41) is 0.639. The third-order valence-corrected chi connectivity index (χ3v) is 9.26. The van der Waals surface area contributed by atoms with Crippen molar-refractivity contribution in [1.29, 1.82) is 0 Å². The van der Waals surface area contributed by atoms with E-state index >= 15 is 0 Å². The number of fused-ring (bicyclic) bond motifs is 1. The van der Waals surface area contributed by atoms with Crippen LogP contribution in [0.4, 0.5) is 0 Å². The number of aromatic nitrogens is 1. The summed E-state index contributed by atoms with van der Waals surface area (Å²) in [6.45, 7) is 2.28. The SMILES string of the molecule is CCOC(=O)C1=C(c2ccccc2)N=c2s/c(=C\c3ccccc3OCc3cccc(Cl)c3)c(=O)n2[C@H]1c1ccc(SC)cc1. The summed E-state index contributed by atoms with van der Waals surface area (Å²) < 4.78 is 13.8. The summed E-state index contributed by atoms with van der Waals surface area (Å²) in [4.78, 5) is 34.4. The van der Waals surface area contributed by atoms with Crippen LogP contribution in [0.1, 0.15) is 35.2 Å². The molecule has 0 bridgehead atoms. The number of hydrogen-bond acceptors (Lipinski definition) is 7. The molecule has 1 aromatic heterocycles. The molecule has 6 nitrogen and oxygen atoms in total. The number of carbonyl (C=O) groups is 1. The van der Waals surface area contributed by atoms with Gasteiger partial charge in [-0.2, -0.15) is 0 Å². The number of benzene rings is 4. The zero-order valence-corrected chi connectivity index (χ0v) is 27.0. The number of thiazole rings is 1.